The molecule has 0 radical (unpaired) electrons. The molecule has 3 aliphatic rings. The van der Waals surface area contributed by atoms with E-state index >= 15 is 0 Å². The second-order valence-corrected chi connectivity index (χ2v) is 18.1. The third-order valence-electron chi connectivity index (χ3n) is 12.3. The summed E-state index contributed by atoms with van der Waals surface area (Å²) < 4.78 is 25.6. The molecular formula is C49H79N3O9. The lowest BCUT2D eigenvalue weighted by Gasteiger charge is -2.59. The first-order chi connectivity index (χ1) is 29.5. The number of carbonyl (C=O) groups is 2. The topological polar surface area (TPSA) is 148 Å². The molecule has 0 unspecified atom stereocenters. The smallest absolute Gasteiger partial charge is 0.412 e. The van der Waals surface area contributed by atoms with Crippen LogP contribution in [-0.2, 0) is 14.3 Å². The molecule has 2 aliphatic carbocycles. The maximum atomic E-state index is 13.8. The minimum atomic E-state index is -1.39. The van der Waals surface area contributed by atoms with E-state index in [1.54, 1.807) is 17.0 Å². The summed E-state index contributed by atoms with van der Waals surface area (Å²) in [5, 5.41) is 27.6. The average Bonchev–Trinajstić information content (AvgIpc) is 3.24. The van der Waals surface area contributed by atoms with E-state index in [2.05, 4.69) is 24.9 Å². The van der Waals surface area contributed by atoms with Crippen LogP contribution in [0.2, 0.25) is 0 Å². The van der Waals surface area contributed by atoms with Crippen LogP contribution in [0, 0.1) is 17.8 Å². The molecule has 1 aromatic carbocycles. The van der Waals surface area contributed by atoms with Crippen molar-refractivity contribution in [1.82, 2.24) is 10.2 Å². The van der Waals surface area contributed by atoms with E-state index in [0.717, 1.165) is 56.1 Å². The Hall–Kier alpha value is -3.61. The molecule has 1 heterocycles. The van der Waals surface area contributed by atoms with Crippen LogP contribution < -0.4 is 14.8 Å². The van der Waals surface area contributed by atoms with Crippen LogP contribution in [0.1, 0.15) is 162 Å². The third kappa shape index (κ3) is 13.9. The number of fused-ring (bicyclic) bond motifs is 2. The summed E-state index contributed by atoms with van der Waals surface area (Å²) in [6, 6.07) is 4.87. The normalized spacial score (nSPS) is 23.6. The Balaban J connectivity index is 1.77. The molecule has 61 heavy (non-hydrogen) atoms. The molecule has 0 spiro atoms. The number of methoxy groups -OCH3 is 1. The molecule has 3 N–H and O–H groups in total. The van der Waals surface area contributed by atoms with Gasteiger partial charge >= 0.3 is 12.2 Å². The second kappa shape index (κ2) is 25.5. The molecule has 12 heteroatoms. The lowest BCUT2D eigenvalue weighted by molar-refractivity contribution is -0.255. The van der Waals surface area contributed by atoms with Gasteiger partial charge in [-0.25, -0.2) is 9.59 Å². The molecule has 0 saturated heterocycles. The molecule has 6 atom stereocenters. The maximum Gasteiger partial charge on any atom is 0.412 e. The molecule has 1 fully saturated rings. The van der Waals surface area contributed by atoms with Gasteiger partial charge in [0.1, 0.15) is 23.1 Å². The first kappa shape index (κ1) is 50.0. The molecule has 0 bridgehead atoms. The predicted molar refractivity (Wildman–Crippen MR) is 241 cm³/mol. The Kier molecular flexibility index (Phi) is 20.9. The number of rotatable bonds is 27. The van der Waals surface area contributed by atoms with E-state index < -0.39 is 35.5 Å². The van der Waals surface area contributed by atoms with Gasteiger partial charge in [-0.15, -0.1) is 6.58 Å². The van der Waals surface area contributed by atoms with Crippen LogP contribution in [0.4, 0.5) is 9.59 Å². The number of aliphatic hydroxyl groups is 2. The van der Waals surface area contributed by atoms with Crippen molar-refractivity contribution in [1.29, 1.82) is 0 Å². The summed E-state index contributed by atoms with van der Waals surface area (Å²) in [5.74, 6) is -1.00. The molecule has 1 saturated carbocycles. The van der Waals surface area contributed by atoms with Gasteiger partial charge in [-0.1, -0.05) is 102 Å². The fraction of sp³-hybridized carbons (Fsp3) is 0.735. The number of oxime groups is 1. The van der Waals surface area contributed by atoms with Gasteiger partial charge in [-0.05, 0) is 94.9 Å². The van der Waals surface area contributed by atoms with Gasteiger partial charge in [0, 0.05) is 44.2 Å². The summed E-state index contributed by atoms with van der Waals surface area (Å²) in [7, 11) is 1.39. The highest BCUT2D eigenvalue weighted by Gasteiger charge is 2.65. The molecule has 2 amide bonds. The highest BCUT2D eigenvalue weighted by Crippen LogP contribution is 2.62. The van der Waals surface area contributed by atoms with Crippen molar-refractivity contribution >= 4 is 17.9 Å². The molecular weight excluding hydrogens is 775 g/mol. The lowest BCUT2D eigenvalue weighted by atomic mass is 9.55. The van der Waals surface area contributed by atoms with Crippen LogP contribution in [0.25, 0.3) is 0 Å². The number of benzene rings is 1. The van der Waals surface area contributed by atoms with Gasteiger partial charge < -0.3 is 39.3 Å². The van der Waals surface area contributed by atoms with Crippen LogP contribution in [0.15, 0.2) is 47.7 Å². The average molecular weight is 854 g/mol. The summed E-state index contributed by atoms with van der Waals surface area (Å²) in [5.41, 5.74) is 1.95. The fourth-order valence-corrected chi connectivity index (χ4v) is 9.58. The molecule has 1 aliphatic heterocycles. The number of ether oxygens (including phenoxy) is 4. The number of aliphatic hydroxyl groups excluding tert-OH is 2. The third-order valence-corrected chi connectivity index (χ3v) is 12.3. The van der Waals surface area contributed by atoms with Gasteiger partial charge in [0.2, 0.25) is 5.79 Å². The van der Waals surface area contributed by atoms with Crippen molar-refractivity contribution in [2.24, 2.45) is 22.9 Å². The minimum absolute atomic E-state index is 0.0371. The highest BCUT2D eigenvalue weighted by atomic mass is 16.7. The maximum absolute atomic E-state index is 13.8. The van der Waals surface area contributed by atoms with Crippen LogP contribution >= 0.6 is 0 Å². The largest absolute Gasteiger partial charge is 0.459 e. The summed E-state index contributed by atoms with van der Waals surface area (Å²) >= 11 is 0. The standard InChI is InChI=1S/C49H79N3O9/c1-8-11-12-13-14-15-16-17-18-21-28-50-46(55)59-37-26-27-42-40(34-37)44-38(25-20-23-31-54)36(24-19-22-30-53)33-39-41(51-61-48(4,5)6)35-43(52(29-9-2)47(56)57-7)49(60-42,45(39)44)58-32-10-3/h10,26-27,33-34,36,38,43-45,53-54H,3,8-9,11-25,28-32,35H2,1-2,4-7H3,(H,50,55)/t36-,38+,43-,44+,45+,49+/m0/s1. The number of allylic oxidation sites excluding steroid dienone is 1. The summed E-state index contributed by atoms with van der Waals surface area (Å²) in [4.78, 5) is 34.9. The summed E-state index contributed by atoms with van der Waals surface area (Å²) in [6.07, 6.45) is 20.7. The SMILES string of the molecule is C=CCO[C@@]12Oc3ccc(OC(=O)NCCCCCCCCCCCC)cc3[C@H]3[C@H](CCCCO)[C@@H](CCCCO)C=C(C(=NOC(C)(C)C)C[C@@H]1N(CCC)C(=O)OC)[C@H]32. The zero-order valence-electron chi connectivity index (χ0n) is 38.4. The number of carbonyl (C=O) groups excluding carboxylic acids is 2. The second-order valence-electron chi connectivity index (χ2n) is 18.1. The van der Waals surface area contributed by atoms with Crippen molar-refractivity contribution in [2.45, 2.75) is 174 Å². The van der Waals surface area contributed by atoms with E-state index in [4.69, 9.17) is 28.9 Å². The molecule has 4 rings (SSSR count). The Labute approximate surface area is 366 Å². The highest BCUT2D eigenvalue weighted by molar-refractivity contribution is 6.03. The van der Waals surface area contributed by atoms with Crippen molar-refractivity contribution in [2.75, 3.05) is 40.0 Å². The Morgan fingerprint density at radius 3 is 2.25 bits per heavy atom. The monoisotopic (exact) mass is 854 g/mol. The zero-order chi connectivity index (χ0) is 44.3. The van der Waals surface area contributed by atoms with Crippen LogP contribution in [-0.4, -0.2) is 90.5 Å². The first-order valence-corrected chi connectivity index (χ1v) is 23.5. The van der Waals surface area contributed by atoms with E-state index in [1.165, 1.54) is 52.1 Å². The minimum Gasteiger partial charge on any atom is -0.459 e. The van der Waals surface area contributed by atoms with Gasteiger partial charge in [0.25, 0.3) is 0 Å². The van der Waals surface area contributed by atoms with E-state index in [1.807, 2.05) is 39.8 Å². The number of nitrogens with one attached hydrogen (secondary N) is 1. The number of nitrogens with zero attached hydrogens (tertiary/aromatic N) is 2. The first-order valence-electron chi connectivity index (χ1n) is 23.5. The van der Waals surface area contributed by atoms with Crippen molar-refractivity contribution < 1.29 is 43.6 Å². The Morgan fingerprint density at radius 2 is 1.62 bits per heavy atom. The number of amides is 2. The molecule has 0 aromatic heterocycles. The van der Waals surface area contributed by atoms with Gasteiger partial charge in [-0.2, -0.15) is 0 Å². The van der Waals surface area contributed by atoms with Crippen molar-refractivity contribution in [3.63, 3.8) is 0 Å². The number of hydrogen-bond donors (Lipinski definition) is 3. The quantitative estimate of drug-likeness (QED) is 0.0447. The van der Waals surface area contributed by atoms with Gasteiger partial charge in [0.15, 0.2) is 0 Å². The van der Waals surface area contributed by atoms with Crippen molar-refractivity contribution in [3.05, 3.63) is 48.1 Å². The van der Waals surface area contributed by atoms with Gasteiger partial charge in [-0.3, -0.25) is 4.90 Å². The number of unbranched alkanes of at least 4 members (excludes halogenated alkanes) is 11. The fourth-order valence-electron chi connectivity index (χ4n) is 9.58. The Morgan fingerprint density at radius 1 is 0.951 bits per heavy atom. The van der Waals surface area contributed by atoms with E-state index in [-0.39, 0.29) is 44.0 Å². The lowest BCUT2D eigenvalue weighted by Crippen LogP contribution is -2.70. The van der Waals surface area contributed by atoms with Crippen LogP contribution in [0.5, 0.6) is 11.5 Å². The molecule has 1 aromatic rings. The van der Waals surface area contributed by atoms with Crippen LogP contribution in [0.3, 0.4) is 0 Å². The number of hydrogen-bond acceptors (Lipinski definition) is 10. The van der Waals surface area contributed by atoms with E-state index in [0.29, 0.717) is 49.6 Å². The molecule has 344 valence electrons. The summed E-state index contributed by atoms with van der Waals surface area (Å²) in [6.45, 7) is 15.4. The van der Waals surface area contributed by atoms with E-state index in [9.17, 15) is 19.8 Å². The predicted octanol–water partition coefficient (Wildman–Crippen LogP) is 10.6. The molecule has 12 nitrogen and oxygen atoms in total. The Bertz CT molecular complexity index is 1570. The zero-order valence-corrected chi connectivity index (χ0v) is 38.4. The van der Waals surface area contributed by atoms with Crippen molar-refractivity contribution in [3.8, 4) is 11.5 Å². The van der Waals surface area contributed by atoms with Gasteiger partial charge in [0.05, 0.1) is 25.3 Å².